The van der Waals surface area contributed by atoms with E-state index in [1.807, 2.05) is 36.4 Å². The van der Waals surface area contributed by atoms with Crippen molar-refractivity contribution in [2.24, 2.45) is 0 Å². The van der Waals surface area contributed by atoms with Crippen molar-refractivity contribution >= 4 is 33.9 Å². The van der Waals surface area contributed by atoms with Crippen LogP contribution in [0.4, 0.5) is 11.4 Å². The Morgan fingerprint density at radius 1 is 0.929 bits per heavy atom. The number of pyridine rings is 1. The van der Waals surface area contributed by atoms with Crippen molar-refractivity contribution in [1.29, 1.82) is 0 Å². The Hall–Kier alpha value is -3.52. The molecule has 0 saturated carbocycles. The number of aliphatic hydroxyl groups excluding tert-OH is 1. The van der Waals surface area contributed by atoms with Crippen molar-refractivity contribution in [1.82, 2.24) is 9.88 Å². The van der Waals surface area contributed by atoms with E-state index in [0.29, 0.717) is 34.6 Å². The Labute approximate surface area is 253 Å². The summed E-state index contributed by atoms with van der Waals surface area (Å²) < 4.78 is 18.0. The van der Waals surface area contributed by atoms with Gasteiger partial charge in [-0.15, -0.1) is 0 Å². The average molecular weight is 590 g/mol. The third-order valence-corrected chi connectivity index (χ3v) is 7.91. The zero-order valence-electron chi connectivity index (χ0n) is 24.8. The molecular formula is C34H40ClN3O4. The highest BCUT2D eigenvalue weighted by atomic mass is 35.5. The summed E-state index contributed by atoms with van der Waals surface area (Å²) in [5, 5.41) is 14.4. The van der Waals surface area contributed by atoms with Crippen molar-refractivity contribution in [3.8, 4) is 23.0 Å². The smallest absolute Gasteiger partial charge is 0.163 e. The SMILES string of the molecule is COc1cc2c(Oc3ccc(Nc4ccc(C(C)(C)C)cc4)cc3Cl)ccnc2cc1OCCCN1CCC(O)CC1. The monoisotopic (exact) mass is 589 g/mol. The molecule has 7 nitrogen and oxygen atoms in total. The quantitative estimate of drug-likeness (QED) is 0.182. The van der Waals surface area contributed by atoms with Crippen LogP contribution in [-0.4, -0.2) is 54.4 Å². The van der Waals surface area contributed by atoms with Gasteiger partial charge in [0.15, 0.2) is 11.5 Å². The second-order valence-electron chi connectivity index (χ2n) is 11.8. The zero-order valence-corrected chi connectivity index (χ0v) is 25.6. The molecule has 8 heteroatoms. The molecule has 2 N–H and O–H groups in total. The minimum Gasteiger partial charge on any atom is -0.493 e. The van der Waals surface area contributed by atoms with Gasteiger partial charge in [-0.1, -0.05) is 44.5 Å². The molecule has 42 heavy (non-hydrogen) atoms. The second kappa shape index (κ2) is 13.2. The number of aromatic nitrogens is 1. The lowest BCUT2D eigenvalue weighted by Crippen LogP contribution is -2.36. The lowest BCUT2D eigenvalue weighted by atomic mass is 9.87. The van der Waals surface area contributed by atoms with Gasteiger partial charge in [-0.05, 0) is 72.7 Å². The van der Waals surface area contributed by atoms with E-state index in [1.165, 1.54) is 5.56 Å². The number of likely N-dealkylation sites (tertiary alicyclic amines) is 1. The molecule has 0 aliphatic carbocycles. The van der Waals surface area contributed by atoms with E-state index in [-0.39, 0.29) is 11.5 Å². The average Bonchev–Trinajstić information content (AvgIpc) is 2.97. The van der Waals surface area contributed by atoms with Crippen LogP contribution in [0.2, 0.25) is 5.02 Å². The van der Waals surface area contributed by atoms with Gasteiger partial charge in [0.25, 0.3) is 0 Å². The van der Waals surface area contributed by atoms with Crippen LogP contribution in [0, 0.1) is 0 Å². The van der Waals surface area contributed by atoms with E-state index in [1.54, 1.807) is 13.3 Å². The van der Waals surface area contributed by atoms with E-state index >= 15 is 0 Å². The molecule has 2 heterocycles. The Morgan fingerprint density at radius 3 is 2.36 bits per heavy atom. The summed E-state index contributed by atoms with van der Waals surface area (Å²) in [5.41, 5.74) is 3.99. The summed E-state index contributed by atoms with van der Waals surface area (Å²) >= 11 is 6.66. The van der Waals surface area contributed by atoms with Gasteiger partial charge < -0.3 is 29.5 Å². The number of nitrogens with one attached hydrogen (secondary N) is 1. The summed E-state index contributed by atoms with van der Waals surface area (Å²) in [6.45, 7) is 9.98. The molecule has 222 valence electrons. The fourth-order valence-corrected chi connectivity index (χ4v) is 5.32. The molecule has 4 aromatic rings. The van der Waals surface area contributed by atoms with Gasteiger partial charge in [0, 0.05) is 48.7 Å². The number of benzene rings is 3. The van der Waals surface area contributed by atoms with Crippen molar-refractivity contribution < 1.29 is 19.3 Å². The first-order valence-electron chi connectivity index (χ1n) is 14.5. The molecule has 3 aromatic carbocycles. The molecule has 1 aromatic heterocycles. The molecule has 0 spiro atoms. The molecule has 1 aliphatic rings. The van der Waals surface area contributed by atoms with Crippen molar-refractivity contribution in [3.63, 3.8) is 0 Å². The van der Waals surface area contributed by atoms with E-state index in [0.717, 1.165) is 61.2 Å². The number of methoxy groups -OCH3 is 1. The zero-order chi connectivity index (χ0) is 29.7. The highest BCUT2D eigenvalue weighted by molar-refractivity contribution is 6.32. The number of halogens is 1. The number of nitrogens with zero attached hydrogens (tertiary/aromatic N) is 2. The minimum atomic E-state index is -0.157. The molecular weight excluding hydrogens is 550 g/mol. The highest BCUT2D eigenvalue weighted by Crippen LogP contribution is 2.39. The summed E-state index contributed by atoms with van der Waals surface area (Å²) in [4.78, 5) is 6.91. The molecule has 0 atom stereocenters. The van der Waals surface area contributed by atoms with Gasteiger partial charge in [-0.25, -0.2) is 0 Å². The number of ether oxygens (including phenoxy) is 3. The van der Waals surface area contributed by atoms with Gasteiger partial charge in [0.05, 0.1) is 30.4 Å². The number of piperidine rings is 1. The predicted molar refractivity (Wildman–Crippen MR) is 170 cm³/mol. The maximum Gasteiger partial charge on any atom is 0.163 e. The summed E-state index contributed by atoms with van der Waals surface area (Å²) in [7, 11) is 1.63. The third kappa shape index (κ3) is 7.46. The van der Waals surface area contributed by atoms with E-state index < -0.39 is 0 Å². The van der Waals surface area contributed by atoms with Crippen LogP contribution in [0.5, 0.6) is 23.0 Å². The Kier molecular flexibility index (Phi) is 9.41. The molecule has 1 saturated heterocycles. The van der Waals surface area contributed by atoms with Crippen LogP contribution < -0.4 is 19.5 Å². The topological polar surface area (TPSA) is 76.1 Å². The first-order valence-corrected chi connectivity index (χ1v) is 14.9. The van der Waals surface area contributed by atoms with Gasteiger partial charge in [-0.3, -0.25) is 4.98 Å². The minimum absolute atomic E-state index is 0.107. The number of rotatable bonds is 10. The van der Waals surface area contributed by atoms with Gasteiger partial charge >= 0.3 is 0 Å². The number of hydrogen-bond donors (Lipinski definition) is 2. The maximum absolute atomic E-state index is 9.70. The summed E-state index contributed by atoms with van der Waals surface area (Å²) in [6, 6.07) is 19.7. The van der Waals surface area contributed by atoms with E-state index in [4.69, 9.17) is 25.8 Å². The second-order valence-corrected chi connectivity index (χ2v) is 12.2. The molecule has 0 unspecified atom stereocenters. The molecule has 0 amide bonds. The van der Waals surface area contributed by atoms with Crippen LogP contribution in [0.15, 0.2) is 66.9 Å². The largest absolute Gasteiger partial charge is 0.493 e. The lowest BCUT2D eigenvalue weighted by molar-refractivity contribution is 0.0799. The van der Waals surface area contributed by atoms with Gasteiger partial charge in [0.2, 0.25) is 0 Å². The molecule has 0 radical (unpaired) electrons. The number of hydrogen-bond acceptors (Lipinski definition) is 7. The Morgan fingerprint density at radius 2 is 1.67 bits per heavy atom. The Balaban J connectivity index is 1.25. The molecule has 1 fully saturated rings. The lowest BCUT2D eigenvalue weighted by Gasteiger charge is -2.29. The van der Waals surface area contributed by atoms with E-state index in [2.05, 4.69) is 60.2 Å². The van der Waals surface area contributed by atoms with Crippen LogP contribution in [0.3, 0.4) is 0 Å². The first-order chi connectivity index (χ1) is 20.2. The summed E-state index contributed by atoms with van der Waals surface area (Å²) in [6.07, 6.45) is 4.13. The van der Waals surface area contributed by atoms with Crippen LogP contribution in [0.25, 0.3) is 10.9 Å². The predicted octanol–water partition coefficient (Wildman–Crippen LogP) is 7.96. The summed E-state index contributed by atoms with van der Waals surface area (Å²) in [5.74, 6) is 2.43. The first kappa shape index (κ1) is 30.0. The van der Waals surface area contributed by atoms with Crippen LogP contribution in [-0.2, 0) is 5.41 Å². The van der Waals surface area contributed by atoms with E-state index in [9.17, 15) is 5.11 Å². The van der Waals surface area contributed by atoms with Crippen LogP contribution in [0.1, 0.15) is 45.6 Å². The third-order valence-electron chi connectivity index (χ3n) is 7.61. The van der Waals surface area contributed by atoms with Crippen molar-refractivity contribution in [3.05, 3.63) is 77.4 Å². The highest BCUT2D eigenvalue weighted by Gasteiger charge is 2.17. The standard InChI is InChI=1S/C34H40ClN3O4/c1-34(2,3)23-6-8-24(9-7-23)37-25-10-11-31(28(35)20-25)42-30-12-15-36-29-22-33(32(40-4)21-27(29)30)41-19-5-16-38-17-13-26(39)14-18-38/h6-12,15,20-22,26,37,39H,5,13-14,16-19H2,1-4H3. The van der Waals surface area contributed by atoms with Crippen LogP contribution >= 0.6 is 11.6 Å². The van der Waals surface area contributed by atoms with Gasteiger partial charge in [-0.2, -0.15) is 0 Å². The molecule has 0 bridgehead atoms. The normalized spacial score (nSPS) is 14.6. The Bertz CT molecular complexity index is 1500. The fourth-order valence-electron chi connectivity index (χ4n) is 5.10. The van der Waals surface area contributed by atoms with Crippen molar-refractivity contribution in [2.75, 3.05) is 38.7 Å². The van der Waals surface area contributed by atoms with Crippen molar-refractivity contribution in [2.45, 2.75) is 51.6 Å². The number of aliphatic hydroxyl groups is 1. The fraction of sp³-hybridized carbons (Fsp3) is 0.382. The number of anilines is 2. The maximum atomic E-state index is 9.70. The molecule has 5 rings (SSSR count). The number of fused-ring (bicyclic) bond motifs is 1. The van der Waals surface area contributed by atoms with Gasteiger partial charge in [0.1, 0.15) is 11.5 Å². The molecule has 1 aliphatic heterocycles.